The largest absolute Gasteiger partial charge is 0.491 e. The highest BCUT2D eigenvalue weighted by atomic mass is 16.5. The van der Waals surface area contributed by atoms with E-state index < -0.39 is 6.10 Å². The van der Waals surface area contributed by atoms with Crippen LogP contribution in [0.2, 0.25) is 0 Å². The van der Waals surface area contributed by atoms with Gasteiger partial charge < -0.3 is 14.6 Å². The molecule has 23 heavy (non-hydrogen) atoms. The minimum Gasteiger partial charge on any atom is -0.491 e. The summed E-state index contributed by atoms with van der Waals surface area (Å²) in [7, 11) is 0. The third-order valence-electron chi connectivity index (χ3n) is 4.03. The summed E-state index contributed by atoms with van der Waals surface area (Å²) in [5, 5.41) is 10.2. The highest BCUT2D eigenvalue weighted by Crippen LogP contribution is 2.18. The Morgan fingerprint density at radius 3 is 3.04 bits per heavy atom. The lowest BCUT2D eigenvalue weighted by Crippen LogP contribution is -2.44. The van der Waals surface area contributed by atoms with E-state index >= 15 is 0 Å². The monoisotopic (exact) mass is 321 g/mol. The van der Waals surface area contributed by atoms with E-state index in [0.29, 0.717) is 19.7 Å². The Morgan fingerprint density at radius 2 is 2.30 bits per heavy atom. The van der Waals surface area contributed by atoms with Crippen LogP contribution in [0.5, 0.6) is 5.75 Å². The number of aliphatic hydroxyl groups excluding tert-OH is 1. The van der Waals surface area contributed by atoms with Crippen LogP contribution in [0.3, 0.4) is 0 Å². The number of β-amino-alcohol motifs (C(OH)–C–C–N with tert-alkyl or cyclic N) is 1. The van der Waals surface area contributed by atoms with E-state index in [0.717, 1.165) is 30.7 Å². The maximum Gasteiger partial charge on any atom is 0.310 e. The summed E-state index contributed by atoms with van der Waals surface area (Å²) in [6.07, 6.45) is 1.25. The quantitative estimate of drug-likeness (QED) is 0.779. The fraction of sp³-hybridized carbons (Fsp3) is 0.611. The van der Waals surface area contributed by atoms with Gasteiger partial charge >= 0.3 is 5.97 Å². The Kier molecular flexibility index (Phi) is 6.86. The van der Waals surface area contributed by atoms with Crippen molar-refractivity contribution in [3.8, 4) is 5.75 Å². The van der Waals surface area contributed by atoms with Crippen LogP contribution in [0.25, 0.3) is 0 Å². The molecule has 1 aromatic rings. The summed E-state index contributed by atoms with van der Waals surface area (Å²) in [4.78, 5) is 14.0. The molecule has 1 saturated heterocycles. The summed E-state index contributed by atoms with van der Waals surface area (Å²) >= 11 is 0. The summed E-state index contributed by atoms with van der Waals surface area (Å²) in [5.41, 5.74) is 1.13. The summed E-state index contributed by atoms with van der Waals surface area (Å²) < 4.78 is 10.7. The maximum absolute atomic E-state index is 11.8. The average Bonchev–Trinajstić information content (AvgIpc) is 2.53. The molecule has 1 heterocycles. The zero-order chi connectivity index (χ0) is 16.7. The van der Waals surface area contributed by atoms with Gasteiger partial charge in [-0.25, -0.2) is 0 Å². The SMILES string of the molecule is CCOC(=O)[C@H]1CCCN(C[C@@H](O)COc2cccc(C)c2)C1. The second-order valence-electron chi connectivity index (χ2n) is 6.13. The molecule has 0 aromatic heterocycles. The van der Waals surface area contributed by atoms with Crippen LogP contribution in [-0.4, -0.2) is 54.9 Å². The van der Waals surface area contributed by atoms with Crippen LogP contribution in [0.4, 0.5) is 0 Å². The molecule has 128 valence electrons. The molecule has 0 bridgehead atoms. The molecule has 1 N–H and O–H groups in total. The van der Waals surface area contributed by atoms with Gasteiger partial charge in [-0.05, 0) is 50.9 Å². The zero-order valence-corrected chi connectivity index (χ0v) is 14.0. The molecule has 0 radical (unpaired) electrons. The Bertz CT molecular complexity index is 506. The van der Waals surface area contributed by atoms with Gasteiger partial charge in [-0.3, -0.25) is 9.69 Å². The molecular formula is C18H27NO4. The van der Waals surface area contributed by atoms with Crippen molar-refractivity contribution in [2.45, 2.75) is 32.8 Å². The first kappa shape index (κ1) is 17.8. The molecule has 0 unspecified atom stereocenters. The van der Waals surface area contributed by atoms with Gasteiger partial charge in [0.15, 0.2) is 0 Å². The number of nitrogens with zero attached hydrogens (tertiary/aromatic N) is 1. The predicted molar refractivity (Wildman–Crippen MR) is 88.5 cm³/mol. The van der Waals surface area contributed by atoms with E-state index in [9.17, 15) is 9.90 Å². The third kappa shape index (κ3) is 5.84. The molecule has 0 saturated carbocycles. The second-order valence-corrected chi connectivity index (χ2v) is 6.13. The Morgan fingerprint density at radius 1 is 1.48 bits per heavy atom. The summed E-state index contributed by atoms with van der Waals surface area (Å²) in [6.45, 7) is 6.57. The van der Waals surface area contributed by atoms with Crippen LogP contribution in [0.1, 0.15) is 25.3 Å². The van der Waals surface area contributed by atoms with E-state index in [-0.39, 0.29) is 18.5 Å². The molecule has 2 atom stereocenters. The number of aliphatic hydroxyl groups is 1. The smallest absolute Gasteiger partial charge is 0.310 e. The Labute approximate surface area is 138 Å². The number of likely N-dealkylation sites (tertiary alicyclic amines) is 1. The topological polar surface area (TPSA) is 59.0 Å². The highest BCUT2D eigenvalue weighted by Gasteiger charge is 2.27. The van der Waals surface area contributed by atoms with Gasteiger partial charge in [0.05, 0.1) is 12.5 Å². The van der Waals surface area contributed by atoms with Crippen molar-refractivity contribution in [3.63, 3.8) is 0 Å². The summed E-state index contributed by atoms with van der Waals surface area (Å²) in [5.74, 6) is 0.573. The number of carbonyl (C=O) groups excluding carboxylic acids is 1. The van der Waals surface area contributed by atoms with Crippen molar-refractivity contribution in [1.29, 1.82) is 0 Å². The molecular weight excluding hydrogens is 294 g/mol. The van der Waals surface area contributed by atoms with Crippen molar-refractivity contribution in [2.75, 3.05) is 32.8 Å². The number of hydrogen-bond acceptors (Lipinski definition) is 5. The van der Waals surface area contributed by atoms with Crippen LogP contribution >= 0.6 is 0 Å². The Balaban J connectivity index is 1.76. The molecule has 0 amide bonds. The number of benzene rings is 1. The van der Waals surface area contributed by atoms with E-state index in [4.69, 9.17) is 9.47 Å². The molecule has 0 spiro atoms. The Hall–Kier alpha value is -1.59. The van der Waals surface area contributed by atoms with Crippen LogP contribution in [0, 0.1) is 12.8 Å². The van der Waals surface area contributed by atoms with Gasteiger partial charge in [-0.15, -0.1) is 0 Å². The fourth-order valence-corrected chi connectivity index (χ4v) is 2.92. The fourth-order valence-electron chi connectivity index (χ4n) is 2.92. The second kappa shape index (κ2) is 8.89. The normalized spacial score (nSPS) is 20.0. The molecule has 1 fully saturated rings. The molecule has 1 aromatic carbocycles. The lowest BCUT2D eigenvalue weighted by Gasteiger charge is -2.32. The van der Waals surface area contributed by atoms with Crippen LogP contribution in [-0.2, 0) is 9.53 Å². The first-order valence-corrected chi connectivity index (χ1v) is 8.35. The van der Waals surface area contributed by atoms with Gasteiger partial charge in [0, 0.05) is 13.1 Å². The van der Waals surface area contributed by atoms with Gasteiger partial charge in [0.2, 0.25) is 0 Å². The lowest BCUT2D eigenvalue weighted by molar-refractivity contribution is -0.150. The van der Waals surface area contributed by atoms with Gasteiger partial charge in [0.25, 0.3) is 0 Å². The van der Waals surface area contributed by atoms with Crippen molar-refractivity contribution < 1.29 is 19.4 Å². The van der Waals surface area contributed by atoms with E-state index in [1.54, 1.807) is 0 Å². The van der Waals surface area contributed by atoms with Crippen LogP contribution in [0.15, 0.2) is 24.3 Å². The molecule has 1 aliphatic rings. The van der Waals surface area contributed by atoms with Gasteiger partial charge in [-0.1, -0.05) is 12.1 Å². The molecule has 1 aliphatic heterocycles. The lowest BCUT2D eigenvalue weighted by atomic mass is 9.98. The van der Waals surface area contributed by atoms with Crippen molar-refractivity contribution >= 4 is 5.97 Å². The maximum atomic E-state index is 11.8. The number of rotatable bonds is 7. The molecule has 5 heteroatoms. The predicted octanol–water partition coefficient (Wildman–Crippen LogP) is 2.01. The number of ether oxygens (including phenoxy) is 2. The van der Waals surface area contributed by atoms with Gasteiger partial charge in [-0.2, -0.15) is 0 Å². The highest BCUT2D eigenvalue weighted by molar-refractivity contribution is 5.72. The summed E-state index contributed by atoms with van der Waals surface area (Å²) in [6, 6.07) is 7.78. The number of esters is 1. The van der Waals surface area contributed by atoms with Crippen molar-refractivity contribution in [1.82, 2.24) is 4.90 Å². The van der Waals surface area contributed by atoms with Crippen LogP contribution < -0.4 is 4.74 Å². The number of carbonyl (C=O) groups is 1. The number of piperidine rings is 1. The first-order chi connectivity index (χ1) is 11.1. The minimum atomic E-state index is -0.573. The number of aryl methyl sites for hydroxylation is 1. The van der Waals surface area contributed by atoms with Crippen molar-refractivity contribution in [3.05, 3.63) is 29.8 Å². The molecule has 5 nitrogen and oxygen atoms in total. The third-order valence-corrected chi connectivity index (χ3v) is 4.03. The zero-order valence-electron chi connectivity index (χ0n) is 14.0. The number of hydrogen-bond donors (Lipinski definition) is 1. The van der Waals surface area contributed by atoms with Gasteiger partial charge in [0.1, 0.15) is 18.5 Å². The van der Waals surface area contributed by atoms with Crippen molar-refractivity contribution in [2.24, 2.45) is 5.92 Å². The van der Waals surface area contributed by atoms with E-state index in [2.05, 4.69) is 4.90 Å². The molecule has 0 aliphatic carbocycles. The minimum absolute atomic E-state index is 0.0754. The molecule has 2 rings (SSSR count). The average molecular weight is 321 g/mol. The standard InChI is InChI=1S/C18H27NO4/c1-3-22-18(21)15-7-5-9-19(11-15)12-16(20)13-23-17-8-4-6-14(2)10-17/h4,6,8,10,15-16,20H,3,5,7,9,11-13H2,1-2H3/t15-,16+/m0/s1. The van der Waals surface area contributed by atoms with E-state index in [1.165, 1.54) is 0 Å². The van der Waals surface area contributed by atoms with E-state index in [1.807, 2.05) is 38.1 Å². The first-order valence-electron chi connectivity index (χ1n) is 8.35.